The SMILES string of the molecule is C=CC(=O)NC(CC)COC(C)(C)CC. The topological polar surface area (TPSA) is 38.3 Å². The van der Waals surface area contributed by atoms with Crippen LogP contribution >= 0.6 is 0 Å². The molecule has 0 fully saturated rings. The van der Waals surface area contributed by atoms with E-state index in [1.807, 2.05) is 6.92 Å². The molecule has 1 amide bonds. The minimum atomic E-state index is -0.139. The zero-order valence-corrected chi connectivity index (χ0v) is 10.3. The van der Waals surface area contributed by atoms with E-state index in [0.29, 0.717) is 6.61 Å². The van der Waals surface area contributed by atoms with Gasteiger partial charge < -0.3 is 10.1 Å². The minimum Gasteiger partial charge on any atom is -0.373 e. The van der Waals surface area contributed by atoms with Crippen molar-refractivity contribution >= 4 is 5.91 Å². The van der Waals surface area contributed by atoms with Gasteiger partial charge in [-0.3, -0.25) is 4.79 Å². The molecule has 0 saturated carbocycles. The molecular formula is C12H23NO2. The summed E-state index contributed by atoms with van der Waals surface area (Å²) < 4.78 is 5.73. The average molecular weight is 213 g/mol. The molecule has 88 valence electrons. The van der Waals surface area contributed by atoms with Crippen LogP contribution in [0.2, 0.25) is 0 Å². The quantitative estimate of drug-likeness (QED) is 0.659. The highest BCUT2D eigenvalue weighted by Crippen LogP contribution is 2.14. The van der Waals surface area contributed by atoms with Gasteiger partial charge in [-0.15, -0.1) is 0 Å². The Morgan fingerprint density at radius 1 is 1.53 bits per heavy atom. The molecule has 15 heavy (non-hydrogen) atoms. The van der Waals surface area contributed by atoms with Crippen molar-refractivity contribution in [3.8, 4) is 0 Å². The summed E-state index contributed by atoms with van der Waals surface area (Å²) in [6.07, 6.45) is 3.10. The van der Waals surface area contributed by atoms with Crippen LogP contribution in [0.5, 0.6) is 0 Å². The number of carbonyl (C=O) groups is 1. The summed E-state index contributed by atoms with van der Waals surface area (Å²) in [7, 11) is 0. The van der Waals surface area contributed by atoms with Gasteiger partial charge >= 0.3 is 0 Å². The molecule has 0 saturated heterocycles. The molecule has 0 aromatic carbocycles. The van der Waals surface area contributed by atoms with Gasteiger partial charge in [0.15, 0.2) is 0 Å². The van der Waals surface area contributed by atoms with E-state index >= 15 is 0 Å². The van der Waals surface area contributed by atoms with E-state index in [1.165, 1.54) is 6.08 Å². The molecule has 0 aliphatic heterocycles. The van der Waals surface area contributed by atoms with Gasteiger partial charge in [-0.1, -0.05) is 20.4 Å². The summed E-state index contributed by atoms with van der Waals surface area (Å²) in [5.74, 6) is -0.139. The number of amides is 1. The second kappa shape index (κ2) is 6.62. The maximum Gasteiger partial charge on any atom is 0.243 e. The predicted octanol–water partition coefficient (Wildman–Crippen LogP) is 2.27. The summed E-state index contributed by atoms with van der Waals surface area (Å²) in [6.45, 7) is 12.2. The lowest BCUT2D eigenvalue weighted by Gasteiger charge is -2.26. The first-order valence-electron chi connectivity index (χ1n) is 5.52. The number of carbonyl (C=O) groups excluding carboxylic acids is 1. The Morgan fingerprint density at radius 3 is 2.53 bits per heavy atom. The van der Waals surface area contributed by atoms with E-state index in [2.05, 4.69) is 32.7 Å². The number of ether oxygens (including phenoxy) is 1. The lowest BCUT2D eigenvalue weighted by molar-refractivity contribution is -0.118. The van der Waals surface area contributed by atoms with Crippen LogP contribution in [-0.4, -0.2) is 24.2 Å². The Bertz CT molecular complexity index is 212. The Labute approximate surface area is 92.9 Å². The largest absolute Gasteiger partial charge is 0.373 e. The van der Waals surface area contributed by atoms with E-state index in [4.69, 9.17) is 4.74 Å². The molecule has 0 rings (SSSR count). The van der Waals surface area contributed by atoms with Crippen LogP contribution in [0, 0.1) is 0 Å². The highest BCUT2D eigenvalue weighted by Gasteiger charge is 2.18. The van der Waals surface area contributed by atoms with Crippen molar-refractivity contribution in [2.45, 2.75) is 52.2 Å². The maximum absolute atomic E-state index is 11.1. The lowest BCUT2D eigenvalue weighted by Crippen LogP contribution is -2.39. The molecule has 0 aromatic heterocycles. The average Bonchev–Trinajstić information content (AvgIpc) is 2.23. The standard InChI is InChI=1S/C12H23NO2/c1-6-10(13-11(14)7-2)9-15-12(4,5)8-3/h7,10H,2,6,8-9H2,1,3-5H3,(H,13,14). The zero-order chi connectivity index (χ0) is 11.9. The minimum absolute atomic E-state index is 0.0707. The molecule has 0 aliphatic rings. The Balaban J connectivity index is 4.00. The molecule has 3 nitrogen and oxygen atoms in total. The van der Waals surface area contributed by atoms with Gasteiger partial charge in [0.2, 0.25) is 5.91 Å². The van der Waals surface area contributed by atoms with Crippen LogP contribution in [0.1, 0.15) is 40.5 Å². The molecule has 1 unspecified atom stereocenters. The third-order valence-corrected chi connectivity index (χ3v) is 2.55. The fourth-order valence-electron chi connectivity index (χ4n) is 0.950. The van der Waals surface area contributed by atoms with Gasteiger partial charge in [0.1, 0.15) is 0 Å². The smallest absolute Gasteiger partial charge is 0.243 e. The molecule has 0 aliphatic carbocycles. The Kier molecular flexibility index (Phi) is 6.25. The fourth-order valence-corrected chi connectivity index (χ4v) is 0.950. The first-order chi connectivity index (χ1) is 6.95. The number of hydrogen-bond acceptors (Lipinski definition) is 2. The van der Waals surface area contributed by atoms with Crippen LogP contribution in [0.4, 0.5) is 0 Å². The van der Waals surface area contributed by atoms with Crippen LogP contribution in [0.15, 0.2) is 12.7 Å². The Hall–Kier alpha value is -0.830. The van der Waals surface area contributed by atoms with Crippen molar-refractivity contribution in [1.29, 1.82) is 0 Å². The number of hydrogen-bond donors (Lipinski definition) is 1. The van der Waals surface area contributed by atoms with Crippen molar-refractivity contribution in [3.63, 3.8) is 0 Å². The molecule has 0 aromatic rings. The second-order valence-corrected chi connectivity index (χ2v) is 4.24. The molecule has 0 heterocycles. The van der Waals surface area contributed by atoms with Crippen LogP contribution in [0.25, 0.3) is 0 Å². The van der Waals surface area contributed by atoms with E-state index in [0.717, 1.165) is 12.8 Å². The number of rotatable bonds is 7. The summed E-state index contributed by atoms with van der Waals surface area (Å²) in [4.78, 5) is 11.1. The summed E-state index contributed by atoms with van der Waals surface area (Å²) in [5, 5.41) is 2.83. The Morgan fingerprint density at radius 2 is 2.13 bits per heavy atom. The van der Waals surface area contributed by atoms with Crippen LogP contribution < -0.4 is 5.32 Å². The lowest BCUT2D eigenvalue weighted by atomic mass is 10.1. The van der Waals surface area contributed by atoms with Gasteiger partial charge in [-0.25, -0.2) is 0 Å². The molecule has 0 bridgehead atoms. The number of nitrogens with one attached hydrogen (secondary N) is 1. The fraction of sp³-hybridized carbons (Fsp3) is 0.750. The molecule has 0 radical (unpaired) electrons. The van der Waals surface area contributed by atoms with Crippen LogP contribution in [0.3, 0.4) is 0 Å². The van der Waals surface area contributed by atoms with Gasteiger partial charge in [0, 0.05) is 0 Å². The molecule has 3 heteroatoms. The predicted molar refractivity (Wildman–Crippen MR) is 62.7 cm³/mol. The van der Waals surface area contributed by atoms with E-state index < -0.39 is 0 Å². The summed E-state index contributed by atoms with van der Waals surface area (Å²) in [6, 6.07) is 0.0707. The van der Waals surface area contributed by atoms with Gasteiger partial charge in [-0.05, 0) is 32.8 Å². The van der Waals surface area contributed by atoms with E-state index in [9.17, 15) is 4.79 Å². The second-order valence-electron chi connectivity index (χ2n) is 4.24. The highest BCUT2D eigenvalue weighted by molar-refractivity contribution is 5.87. The van der Waals surface area contributed by atoms with Gasteiger partial charge in [0.25, 0.3) is 0 Å². The van der Waals surface area contributed by atoms with Crippen LogP contribution in [-0.2, 0) is 9.53 Å². The third kappa shape index (κ3) is 6.28. The summed E-state index contributed by atoms with van der Waals surface area (Å²) in [5.41, 5.74) is -0.119. The first kappa shape index (κ1) is 14.2. The maximum atomic E-state index is 11.1. The zero-order valence-electron chi connectivity index (χ0n) is 10.3. The third-order valence-electron chi connectivity index (χ3n) is 2.55. The van der Waals surface area contributed by atoms with Crippen molar-refractivity contribution in [3.05, 3.63) is 12.7 Å². The summed E-state index contributed by atoms with van der Waals surface area (Å²) >= 11 is 0. The molecule has 1 atom stereocenters. The van der Waals surface area contributed by atoms with E-state index in [1.54, 1.807) is 0 Å². The van der Waals surface area contributed by atoms with Crippen molar-refractivity contribution in [2.75, 3.05) is 6.61 Å². The monoisotopic (exact) mass is 213 g/mol. The van der Waals surface area contributed by atoms with Gasteiger partial charge in [0.05, 0.1) is 18.2 Å². The molecule has 0 spiro atoms. The first-order valence-corrected chi connectivity index (χ1v) is 5.52. The highest BCUT2D eigenvalue weighted by atomic mass is 16.5. The van der Waals surface area contributed by atoms with Gasteiger partial charge in [-0.2, -0.15) is 0 Å². The normalized spacial score (nSPS) is 13.3. The van der Waals surface area contributed by atoms with E-state index in [-0.39, 0.29) is 17.6 Å². The van der Waals surface area contributed by atoms with Crippen molar-refractivity contribution < 1.29 is 9.53 Å². The molecular weight excluding hydrogens is 190 g/mol. The van der Waals surface area contributed by atoms with Crippen molar-refractivity contribution in [2.24, 2.45) is 0 Å². The van der Waals surface area contributed by atoms with Crippen molar-refractivity contribution in [1.82, 2.24) is 5.32 Å². The molecule has 1 N–H and O–H groups in total.